The van der Waals surface area contributed by atoms with Gasteiger partial charge in [0.1, 0.15) is 6.54 Å². The van der Waals surface area contributed by atoms with Crippen LogP contribution in [0.5, 0.6) is 0 Å². The van der Waals surface area contributed by atoms with Crippen LogP contribution in [-0.4, -0.2) is 151 Å². The third-order valence-electron chi connectivity index (χ3n) is 5.96. The number of nitrogens with zero attached hydrogens (tertiary/aromatic N) is 5. The van der Waals surface area contributed by atoms with Crippen LogP contribution in [0.2, 0.25) is 0 Å². The summed E-state index contributed by atoms with van der Waals surface area (Å²) < 4.78 is 0. The molecule has 0 aromatic rings. The SMILES string of the molecule is O=C([O-])CN1CCN(CC(=O)[O-])CCN(CC(=O)N(CC(=O)O)C2CC2)CCN(CC(=O)[O-])CC1. The fourth-order valence-corrected chi connectivity index (χ4v) is 3.99. The third-order valence-corrected chi connectivity index (χ3v) is 5.96. The van der Waals surface area contributed by atoms with Crippen LogP contribution in [0.15, 0.2) is 0 Å². The molecule has 1 N–H and O–H groups in total. The number of amides is 1. The molecule has 0 spiro atoms. The molecule has 1 saturated heterocycles. The number of carboxylic acids is 4. The smallest absolute Gasteiger partial charge is 0.323 e. The van der Waals surface area contributed by atoms with Crippen molar-refractivity contribution in [2.24, 2.45) is 0 Å². The van der Waals surface area contributed by atoms with Crippen molar-refractivity contribution < 1.29 is 44.4 Å². The van der Waals surface area contributed by atoms with E-state index in [0.717, 1.165) is 12.8 Å². The van der Waals surface area contributed by atoms with Crippen LogP contribution in [0.1, 0.15) is 12.8 Å². The summed E-state index contributed by atoms with van der Waals surface area (Å²) in [6.45, 7) is 0.114. The standard InChI is InChI=1S/C21H35N5O9/c27-17(26(15-21(34)35)16-1-2-16)11-22-3-5-23(12-18(28)29)7-9-25(14-20(32)33)10-8-24(6-4-22)13-19(30)31/h16H,1-15H2,(H,28,29)(H,30,31)(H,32,33)(H,34,35)/p-3. The Labute approximate surface area is 203 Å². The molecule has 0 radical (unpaired) electrons. The summed E-state index contributed by atoms with van der Waals surface area (Å²) in [5, 5.41) is 42.7. The highest BCUT2D eigenvalue weighted by Gasteiger charge is 2.34. The first-order valence-electron chi connectivity index (χ1n) is 11.5. The minimum atomic E-state index is -1.30. The molecule has 198 valence electrons. The molecule has 0 unspecified atom stereocenters. The number of rotatable bonds is 11. The van der Waals surface area contributed by atoms with E-state index >= 15 is 0 Å². The van der Waals surface area contributed by atoms with Crippen LogP contribution in [0.3, 0.4) is 0 Å². The van der Waals surface area contributed by atoms with E-state index in [-0.39, 0.29) is 90.5 Å². The molecule has 0 aromatic carbocycles. The van der Waals surface area contributed by atoms with Crippen LogP contribution >= 0.6 is 0 Å². The third kappa shape index (κ3) is 11.4. The predicted octanol–water partition coefficient (Wildman–Crippen LogP) is -6.47. The fraction of sp³-hybridized carbons (Fsp3) is 0.762. The Bertz CT molecular complexity index is 744. The second kappa shape index (κ2) is 13.9. The highest BCUT2D eigenvalue weighted by atomic mass is 16.4. The number of carbonyl (C=O) groups excluding carboxylic acids is 4. The maximum atomic E-state index is 12.9. The van der Waals surface area contributed by atoms with Crippen LogP contribution in [0.25, 0.3) is 0 Å². The van der Waals surface area contributed by atoms with Gasteiger partial charge in [0.05, 0.1) is 24.5 Å². The Morgan fingerprint density at radius 3 is 1.20 bits per heavy atom. The number of hydrogen-bond donors (Lipinski definition) is 1. The summed E-state index contributed by atoms with van der Waals surface area (Å²) >= 11 is 0. The highest BCUT2D eigenvalue weighted by Crippen LogP contribution is 2.26. The molecule has 14 nitrogen and oxygen atoms in total. The van der Waals surface area contributed by atoms with Gasteiger partial charge < -0.3 is 39.7 Å². The summed E-state index contributed by atoms with van der Waals surface area (Å²) in [5.41, 5.74) is 0. The summed E-state index contributed by atoms with van der Waals surface area (Å²) in [7, 11) is 0. The predicted molar refractivity (Wildman–Crippen MR) is 113 cm³/mol. The molecule has 35 heavy (non-hydrogen) atoms. The lowest BCUT2D eigenvalue weighted by Crippen LogP contribution is -2.52. The Morgan fingerprint density at radius 1 is 0.629 bits per heavy atom. The van der Waals surface area contributed by atoms with Crippen molar-refractivity contribution in [2.75, 3.05) is 85.1 Å². The van der Waals surface area contributed by atoms with E-state index in [1.165, 1.54) is 4.90 Å². The van der Waals surface area contributed by atoms with Crippen molar-refractivity contribution in [3.8, 4) is 0 Å². The zero-order chi connectivity index (χ0) is 26.0. The minimum absolute atomic E-state index is 0.0983. The van der Waals surface area contributed by atoms with Gasteiger partial charge in [-0.15, -0.1) is 0 Å². The second-order valence-electron chi connectivity index (χ2n) is 8.87. The molecule has 1 heterocycles. The van der Waals surface area contributed by atoms with Crippen LogP contribution in [0, 0.1) is 0 Å². The van der Waals surface area contributed by atoms with Gasteiger partial charge in [-0.25, -0.2) is 0 Å². The largest absolute Gasteiger partial charge is 0.549 e. The molecule has 0 atom stereocenters. The average molecular weight is 499 g/mol. The summed E-state index contributed by atoms with van der Waals surface area (Å²) in [5.74, 6) is -5.37. The Hall–Kier alpha value is -2.81. The van der Waals surface area contributed by atoms with Crippen molar-refractivity contribution in [1.82, 2.24) is 24.5 Å². The van der Waals surface area contributed by atoms with Gasteiger partial charge in [-0.2, -0.15) is 0 Å². The number of carbonyl (C=O) groups is 5. The monoisotopic (exact) mass is 498 g/mol. The molecule has 1 aliphatic carbocycles. The first kappa shape index (κ1) is 28.4. The van der Waals surface area contributed by atoms with Gasteiger partial charge in [-0.1, -0.05) is 0 Å². The average Bonchev–Trinajstić information content (AvgIpc) is 3.57. The molecular formula is C21H32N5O9-3. The number of hydrogen-bond acceptors (Lipinski definition) is 12. The summed E-state index contributed by atoms with van der Waals surface area (Å²) in [6, 6.07) is -0.107. The zero-order valence-corrected chi connectivity index (χ0v) is 19.6. The fourth-order valence-electron chi connectivity index (χ4n) is 3.99. The maximum absolute atomic E-state index is 12.9. The number of aliphatic carboxylic acids is 4. The molecule has 1 aliphatic heterocycles. The van der Waals surface area contributed by atoms with Crippen LogP contribution < -0.4 is 15.3 Å². The minimum Gasteiger partial charge on any atom is -0.549 e. The molecule has 14 heteroatoms. The van der Waals surface area contributed by atoms with E-state index in [1.807, 2.05) is 0 Å². The lowest BCUT2D eigenvalue weighted by atomic mass is 10.3. The van der Waals surface area contributed by atoms with E-state index in [9.17, 15) is 39.3 Å². The van der Waals surface area contributed by atoms with Gasteiger partial charge in [0, 0.05) is 78.0 Å². The van der Waals surface area contributed by atoms with Crippen molar-refractivity contribution in [3.05, 3.63) is 0 Å². The Balaban J connectivity index is 2.14. The zero-order valence-electron chi connectivity index (χ0n) is 19.6. The first-order chi connectivity index (χ1) is 16.5. The Kier molecular flexibility index (Phi) is 11.3. The van der Waals surface area contributed by atoms with E-state index in [4.69, 9.17) is 5.11 Å². The van der Waals surface area contributed by atoms with Crippen molar-refractivity contribution >= 4 is 29.8 Å². The van der Waals surface area contributed by atoms with Gasteiger partial charge in [-0.05, 0) is 12.8 Å². The van der Waals surface area contributed by atoms with Gasteiger partial charge in [0.2, 0.25) is 5.91 Å². The van der Waals surface area contributed by atoms with Crippen LogP contribution in [-0.2, 0) is 24.0 Å². The lowest BCUT2D eigenvalue weighted by molar-refractivity contribution is -0.308. The summed E-state index contributed by atoms with van der Waals surface area (Å²) in [4.78, 5) is 65.4. The lowest BCUT2D eigenvalue weighted by Gasteiger charge is -2.35. The van der Waals surface area contributed by atoms with E-state index in [1.54, 1.807) is 19.6 Å². The molecular weight excluding hydrogens is 466 g/mol. The van der Waals surface area contributed by atoms with Crippen molar-refractivity contribution in [1.29, 1.82) is 0 Å². The van der Waals surface area contributed by atoms with E-state index < -0.39 is 30.4 Å². The molecule has 1 amide bonds. The maximum Gasteiger partial charge on any atom is 0.323 e. The van der Waals surface area contributed by atoms with Gasteiger partial charge in [0.25, 0.3) is 0 Å². The van der Waals surface area contributed by atoms with E-state index in [2.05, 4.69) is 0 Å². The van der Waals surface area contributed by atoms with Crippen molar-refractivity contribution in [2.45, 2.75) is 18.9 Å². The molecule has 2 aliphatic rings. The quantitative estimate of drug-likeness (QED) is 0.283. The van der Waals surface area contributed by atoms with Crippen LogP contribution in [0.4, 0.5) is 0 Å². The van der Waals surface area contributed by atoms with E-state index in [0.29, 0.717) is 0 Å². The molecule has 2 fully saturated rings. The summed E-state index contributed by atoms with van der Waals surface area (Å²) in [6.07, 6.45) is 1.47. The topological polar surface area (TPSA) is 191 Å². The highest BCUT2D eigenvalue weighted by molar-refractivity contribution is 5.83. The molecule has 0 aromatic heterocycles. The second-order valence-corrected chi connectivity index (χ2v) is 8.87. The van der Waals surface area contributed by atoms with Gasteiger partial charge in [0.15, 0.2) is 0 Å². The van der Waals surface area contributed by atoms with Gasteiger partial charge >= 0.3 is 5.97 Å². The molecule has 0 bridgehead atoms. The Morgan fingerprint density at radius 2 is 0.943 bits per heavy atom. The van der Waals surface area contributed by atoms with Crippen molar-refractivity contribution in [3.63, 3.8) is 0 Å². The normalized spacial score (nSPS) is 19.9. The first-order valence-corrected chi connectivity index (χ1v) is 11.5. The molecule has 1 saturated carbocycles. The molecule has 2 rings (SSSR count). The van der Waals surface area contributed by atoms with Gasteiger partial charge in [-0.3, -0.25) is 29.2 Å². The number of carboxylic acid groups (broad SMARTS) is 4.